The van der Waals surface area contributed by atoms with Gasteiger partial charge in [0.15, 0.2) is 12.4 Å². The molecule has 0 saturated heterocycles. The number of hydrogen-bond acceptors (Lipinski definition) is 5. The van der Waals surface area contributed by atoms with Gasteiger partial charge in [0.1, 0.15) is 0 Å². The van der Waals surface area contributed by atoms with Gasteiger partial charge in [-0.2, -0.15) is 0 Å². The lowest BCUT2D eigenvalue weighted by Gasteiger charge is -2.11. The van der Waals surface area contributed by atoms with Crippen LogP contribution in [-0.4, -0.2) is 27.9 Å². The van der Waals surface area contributed by atoms with Crippen molar-refractivity contribution in [3.63, 3.8) is 0 Å². The van der Waals surface area contributed by atoms with E-state index < -0.39 is 27.9 Å². The van der Waals surface area contributed by atoms with Crippen LogP contribution in [-0.2, 0) is 0 Å². The molecule has 0 radical (unpaired) electrons. The number of rotatable bonds is 5. The Morgan fingerprint density at radius 1 is 1.46 bits per heavy atom. The molecule has 0 rings (SSSR count). The van der Waals surface area contributed by atoms with Gasteiger partial charge in [-0.25, -0.2) is 0 Å². The van der Waals surface area contributed by atoms with E-state index in [0.717, 1.165) is 0 Å². The molecule has 0 saturated carbocycles. The van der Waals surface area contributed by atoms with E-state index in [1.54, 1.807) is 0 Å². The summed E-state index contributed by atoms with van der Waals surface area (Å²) in [7, 11) is 0. The molecule has 72 valence electrons. The van der Waals surface area contributed by atoms with Crippen LogP contribution in [0.3, 0.4) is 0 Å². The van der Waals surface area contributed by atoms with Gasteiger partial charge in [0.05, 0.1) is 9.85 Å². The van der Waals surface area contributed by atoms with Gasteiger partial charge in [0, 0.05) is 4.91 Å². The fourth-order valence-electron chi connectivity index (χ4n) is 0.467. The third-order valence-electron chi connectivity index (χ3n) is 1.28. The van der Waals surface area contributed by atoms with Gasteiger partial charge in [-0.1, -0.05) is 5.11 Å². The number of halogens is 1. The summed E-state index contributed by atoms with van der Waals surface area (Å²) in [6, 6.07) is 0. The zero-order chi connectivity index (χ0) is 10.5. The molecule has 0 amide bonds. The molecule has 0 aliphatic heterocycles. The first-order valence-corrected chi connectivity index (χ1v) is 3.40. The molecule has 13 heavy (non-hydrogen) atoms. The Morgan fingerprint density at radius 3 is 2.15 bits per heavy atom. The predicted molar refractivity (Wildman–Crippen MR) is 41.5 cm³/mol. The molecule has 0 aromatic heterocycles. The highest BCUT2D eigenvalue weighted by atomic mass is 35.5. The van der Waals surface area contributed by atoms with Crippen LogP contribution in [0.2, 0.25) is 0 Å². The van der Waals surface area contributed by atoms with E-state index >= 15 is 0 Å². The smallest absolute Gasteiger partial charge is 0.258 e. The van der Waals surface area contributed by atoms with Crippen LogP contribution in [0, 0.1) is 20.2 Å². The molecule has 10 heteroatoms. The molecule has 0 heterocycles. The maximum absolute atomic E-state index is 10.3. The topological polar surface area (TPSA) is 135 Å². The minimum absolute atomic E-state index is 0.855. The maximum atomic E-state index is 10.3. The van der Waals surface area contributed by atoms with Crippen molar-refractivity contribution in [1.29, 1.82) is 0 Å². The highest BCUT2D eigenvalue weighted by Gasteiger charge is 2.54. The summed E-state index contributed by atoms with van der Waals surface area (Å²) in [6.45, 7) is -0.910. The van der Waals surface area contributed by atoms with Crippen molar-refractivity contribution >= 4 is 11.6 Å². The third-order valence-corrected chi connectivity index (χ3v) is 1.71. The Bertz CT molecular complexity index is 259. The van der Waals surface area contributed by atoms with E-state index in [1.165, 1.54) is 0 Å². The quantitative estimate of drug-likeness (QED) is 0.126. The Balaban J connectivity index is 4.97. The second kappa shape index (κ2) is 4.43. The van der Waals surface area contributed by atoms with Gasteiger partial charge >= 0.3 is 5.66 Å². The Labute approximate surface area is 76.2 Å². The standard InChI is InChI=1S/C3H4ClN5O4/c4-1-3(8(10)11,9(12)13)2-6-7-5/h1-2H2. The van der Waals surface area contributed by atoms with E-state index in [9.17, 15) is 20.2 Å². The average molecular weight is 210 g/mol. The average Bonchev–Trinajstić information content (AvgIpc) is 2.05. The van der Waals surface area contributed by atoms with Crippen LogP contribution in [0.15, 0.2) is 5.11 Å². The number of nitrogens with zero attached hydrogens (tertiary/aromatic N) is 5. The first-order valence-electron chi connectivity index (χ1n) is 2.87. The van der Waals surface area contributed by atoms with E-state index in [2.05, 4.69) is 10.0 Å². The lowest BCUT2D eigenvalue weighted by Crippen LogP contribution is -2.50. The van der Waals surface area contributed by atoms with Gasteiger partial charge in [-0.3, -0.25) is 20.2 Å². The zero-order valence-electron chi connectivity index (χ0n) is 6.16. The summed E-state index contributed by atoms with van der Waals surface area (Å²) in [6.07, 6.45) is 0. The molecular weight excluding hydrogens is 206 g/mol. The number of alkyl halides is 1. The summed E-state index contributed by atoms with van der Waals surface area (Å²) >= 11 is 5.08. The molecule has 0 bridgehead atoms. The van der Waals surface area contributed by atoms with E-state index in [4.69, 9.17) is 17.1 Å². The molecular formula is C3H4ClN5O4. The second-order valence-electron chi connectivity index (χ2n) is 2.02. The first-order chi connectivity index (χ1) is 6.01. The van der Waals surface area contributed by atoms with Crippen LogP contribution in [0.1, 0.15) is 0 Å². The third kappa shape index (κ3) is 2.17. The summed E-state index contributed by atoms with van der Waals surface area (Å²) in [4.78, 5) is 20.4. The zero-order valence-corrected chi connectivity index (χ0v) is 6.92. The van der Waals surface area contributed by atoms with Crippen molar-refractivity contribution in [3.8, 4) is 0 Å². The van der Waals surface area contributed by atoms with E-state index in [1.807, 2.05) is 0 Å². The maximum Gasteiger partial charge on any atom is 0.477 e. The Morgan fingerprint density at radius 2 is 1.92 bits per heavy atom. The van der Waals surface area contributed by atoms with Crippen LogP contribution in [0.5, 0.6) is 0 Å². The Hall–Kier alpha value is -1.60. The molecule has 0 atom stereocenters. The lowest BCUT2D eigenvalue weighted by atomic mass is 10.2. The van der Waals surface area contributed by atoms with Crippen LogP contribution in [0.4, 0.5) is 0 Å². The second-order valence-corrected chi connectivity index (χ2v) is 2.29. The largest absolute Gasteiger partial charge is 0.477 e. The van der Waals surface area contributed by atoms with Crippen LogP contribution < -0.4 is 0 Å². The number of nitro groups is 2. The molecule has 0 aliphatic carbocycles. The van der Waals surface area contributed by atoms with Crippen molar-refractivity contribution in [1.82, 2.24) is 0 Å². The van der Waals surface area contributed by atoms with E-state index in [-0.39, 0.29) is 0 Å². The highest BCUT2D eigenvalue weighted by Crippen LogP contribution is 2.14. The Kier molecular flexibility index (Phi) is 3.89. The summed E-state index contributed by atoms with van der Waals surface area (Å²) in [5, 5.41) is 23.4. The van der Waals surface area contributed by atoms with Crippen LogP contribution in [0.25, 0.3) is 10.4 Å². The highest BCUT2D eigenvalue weighted by molar-refractivity contribution is 6.18. The predicted octanol–water partition coefficient (Wildman–Crippen LogP) is 0.785. The molecule has 0 unspecified atom stereocenters. The molecule has 0 N–H and O–H groups in total. The van der Waals surface area contributed by atoms with Crippen molar-refractivity contribution in [3.05, 3.63) is 30.7 Å². The van der Waals surface area contributed by atoms with Crippen LogP contribution >= 0.6 is 11.6 Å². The van der Waals surface area contributed by atoms with Gasteiger partial charge < -0.3 is 0 Å². The minimum atomic E-state index is -2.62. The van der Waals surface area contributed by atoms with Gasteiger partial charge in [0.25, 0.3) is 0 Å². The molecule has 9 nitrogen and oxygen atoms in total. The van der Waals surface area contributed by atoms with Gasteiger partial charge in [0.2, 0.25) is 0 Å². The monoisotopic (exact) mass is 209 g/mol. The molecule has 0 aromatic carbocycles. The summed E-state index contributed by atoms with van der Waals surface area (Å²) in [5.74, 6) is -0.855. The fourth-order valence-corrected chi connectivity index (χ4v) is 0.747. The van der Waals surface area contributed by atoms with E-state index in [0.29, 0.717) is 0 Å². The van der Waals surface area contributed by atoms with Crippen molar-refractivity contribution in [2.75, 3.05) is 12.4 Å². The normalized spacial score (nSPS) is 10.2. The summed E-state index contributed by atoms with van der Waals surface area (Å²) in [5.41, 5.74) is 5.24. The first kappa shape index (κ1) is 11.4. The number of hydrogen-bond donors (Lipinski definition) is 0. The fraction of sp³-hybridized carbons (Fsp3) is 1.00. The van der Waals surface area contributed by atoms with Gasteiger partial charge in [-0.05, 0) is 5.53 Å². The van der Waals surface area contributed by atoms with Gasteiger partial charge in [-0.15, -0.1) is 11.6 Å². The lowest BCUT2D eigenvalue weighted by molar-refractivity contribution is -0.786. The summed E-state index contributed by atoms with van der Waals surface area (Å²) < 4.78 is 0. The minimum Gasteiger partial charge on any atom is -0.258 e. The SMILES string of the molecule is [N-]=[N+]=NCC(CCl)([N+](=O)[O-])[N+](=O)[O-]. The molecule has 0 aliphatic rings. The molecule has 0 aromatic rings. The van der Waals surface area contributed by atoms with Crippen molar-refractivity contribution < 1.29 is 9.85 Å². The molecule has 0 fully saturated rings. The molecule has 0 spiro atoms. The van der Waals surface area contributed by atoms with Crippen molar-refractivity contribution in [2.45, 2.75) is 5.66 Å². The van der Waals surface area contributed by atoms with Crippen molar-refractivity contribution in [2.24, 2.45) is 5.11 Å². The number of azide groups is 1.